The van der Waals surface area contributed by atoms with E-state index in [4.69, 9.17) is 4.74 Å². The van der Waals surface area contributed by atoms with Crippen LogP contribution in [0.1, 0.15) is 6.92 Å². The van der Waals surface area contributed by atoms with Crippen LogP contribution < -0.4 is 4.31 Å². The molecule has 4 nitrogen and oxygen atoms in total. The van der Waals surface area contributed by atoms with E-state index in [1.807, 2.05) is 13.0 Å². The van der Waals surface area contributed by atoms with E-state index in [-0.39, 0.29) is 6.73 Å². The molecule has 0 N–H and O–H groups in total. The van der Waals surface area contributed by atoms with Crippen molar-refractivity contribution >= 4 is 15.7 Å². The van der Waals surface area contributed by atoms with Crippen molar-refractivity contribution < 1.29 is 13.2 Å². The summed E-state index contributed by atoms with van der Waals surface area (Å²) in [6.07, 6.45) is 1.17. The van der Waals surface area contributed by atoms with Gasteiger partial charge in [-0.2, -0.15) is 0 Å². The van der Waals surface area contributed by atoms with Crippen molar-refractivity contribution in [3.63, 3.8) is 0 Å². The Hall–Kier alpha value is -1.07. The minimum absolute atomic E-state index is 0.0549. The molecule has 84 valence electrons. The van der Waals surface area contributed by atoms with Crippen LogP contribution in [0.3, 0.4) is 0 Å². The van der Waals surface area contributed by atoms with Crippen molar-refractivity contribution in [3.05, 3.63) is 30.3 Å². The SMILES string of the molecule is CCOCN(c1ccccc1)S(C)(=O)=O. The standard InChI is InChI=1S/C10H15NO3S/c1-3-14-9-11(15(2,12)13)10-7-5-4-6-8-10/h4-8H,3,9H2,1-2H3. The van der Waals surface area contributed by atoms with Crippen LogP contribution in [0.5, 0.6) is 0 Å². The molecule has 5 heteroatoms. The molecule has 15 heavy (non-hydrogen) atoms. The van der Waals surface area contributed by atoms with Gasteiger partial charge in [0.15, 0.2) is 0 Å². The molecule has 0 aliphatic heterocycles. The molecule has 0 atom stereocenters. The lowest BCUT2D eigenvalue weighted by Gasteiger charge is -2.21. The third-order valence-electron chi connectivity index (χ3n) is 1.86. The van der Waals surface area contributed by atoms with Crippen molar-refractivity contribution in [2.75, 3.05) is 23.9 Å². The number of nitrogens with zero attached hydrogens (tertiary/aromatic N) is 1. The van der Waals surface area contributed by atoms with Crippen molar-refractivity contribution in [1.82, 2.24) is 0 Å². The first kappa shape index (κ1) is 12.0. The molecule has 0 amide bonds. The normalized spacial score (nSPS) is 11.3. The van der Waals surface area contributed by atoms with Gasteiger partial charge >= 0.3 is 0 Å². The van der Waals surface area contributed by atoms with Crippen molar-refractivity contribution in [2.45, 2.75) is 6.92 Å². The minimum atomic E-state index is -3.28. The van der Waals surface area contributed by atoms with Crippen LogP contribution in [-0.4, -0.2) is 28.0 Å². The van der Waals surface area contributed by atoms with E-state index in [1.54, 1.807) is 24.3 Å². The Morgan fingerprint density at radius 2 is 1.87 bits per heavy atom. The Kier molecular flexibility index (Phi) is 4.11. The number of para-hydroxylation sites is 1. The molecule has 0 radical (unpaired) electrons. The average Bonchev–Trinajstić information content (AvgIpc) is 2.18. The number of benzene rings is 1. The second-order valence-corrected chi connectivity index (χ2v) is 4.98. The smallest absolute Gasteiger partial charge is 0.234 e. The first-order valence-electron chi connectivity index (χ1n) is 4.66. The zero-order chi connectivity index (χ0) is 11.3. The van der Waals surface area contributed by atoms with Gasteiger partial charge in [-0.1, -0.05) is 18.2 Å². The van der Waals surface area contributed by atoms with E-state index in [2.05, 4.69) is 0 Å². The summed E-state index contributed by atoms with van der Waals surface area (Å²) in [5.41, 5.74) is 0.619. The second kappa shape index (κ2) is 5.14. The predicted molar refractivity (Wildman–Crippen MR) is 60.3 cm³/mol. The zero-order valence-electron chi connectivity index (χ0n) is 8.88. The van der Waals surface area contributed by atoms with Gasteiger partial charge < -0.3 is 4.74 Å². The number of anilines is 1. The Bertz CT molecular complexity index is 388. The molecule has 0 aliphatic carbocycles. The topological polar surface area (TPSA) is 46.6 Å². The summed E-state index contributed by atoms with van der Waals surface area (Å²) in [7, 11) is -3.28. The van der Waals surface area contributed by atoms with Gasteiger partial charge in [-0.25, -0.2) is 12.7 Å². The number of rotatable bonds is 5. The van der Waals surface area contributed by atoms with Gasteiger partial charge in [0.1, 0.15) is 6.73 Å². The first-order valence-corrected chi connectivity index (χ1v) is 6.51. The Morgan fingerprint density at radius 3 is 2.33 bits per heavy atom. The first-order chi connectivity index (χ1) is 7.05. The van der Waals surface area contributed by atoms with Crippen molar-refractivity contribution in [2.24, 2.45) is 0 Å². The van der Waals surface area contributed by atoms with Crippen LogP contribution in [0.2, 0.25) is 0 Å². The third-order valence-corrected chi connectivity index (χ3v) is 2.97. The van der Waals surface area contributed by atoms with Gasteiger partial charge in [-0.15, -0.1) is 0 Å². The summed E-state index contributed by atoms with van der Waals surface area (Å²) in [6, 6.07) is 8.89. The quantitative estimate of drug-likeness (QED) is 0.718. The molecule has 0 fully saturated rings. The maximum atomic E-state index is 11.5. The van der Waals surface area contributed by atoms with E-state index in [0.29, 0.717) is 12.3 Å². The summed E-state index contributed by atoms with van der Waals surface area (Å²) >= 11 is 0. The highest BCUT2D eigenvalue weighted by Gasteiger charge is 2.16. The molecule has 0 saturated carbocycles. The molecule has 1 aromatic carbocycles. The van der Waals surface area contributed by atoms with Gasteiger partial charge in [0.2, 0.25) is 10.0 Å². The van der Waals surface area contributed by atoms with Gasteiger partial charge in [-0.3, -0.25) is 0 Å². The molecule has 0 bridgehead atoms. The van der Waals surface area contributed by atoms with Crippen LogP contribution in [-0.2, 0) is 14.8 Å². The highest BCUT2D eigenvalue weighted by molar-refractivity contribution is 7.92. The van der Waals surface area contributed by atoms with Gasteiger partial charge in [0.25, 0.3) is 0 Å². The second-order valence-electron chi connectivity index (χ2n) is 3.07. The van der Waals surface area contributed by atoms with E-state index in [1.165, 1.54) is 10.6 Å². The highest BCUT2D eigenvalue weighted by Crippen LogP contribution is 2.16. The van der Waals surface area contributed by atoms with Crippen LogP contribution in [0, 0.1) is 0 Å². The molecule has 0 aromatic heterocycles. The summed E-state index contributed by atoms with van der Waals surface area (Å²) in [5.74, 6) is 0. The number of ether oxygens (including phenoxy) is 1. The molecule has 0 aliphatic rings. The lowest BCUT2D eigenvalue weighted by molar-refractivity contribution is 0.157. The fourth-order valence-electron chi connectivity index (χ4n) is 1.13. The van der Waals surface area contributed by atoms with E-state index < -0.39 is 10.0 Å². The molecule has 0 heterocycles. The minimum Gasteiger partial charge on any atom is -0.360 e. The van der Waals surface area contributed by atoms with Crippen LogP contribution in [0.25, 0.3) is 0 Å². The highest BCUT2D eigenvalue weighted by atomic mass is 32.2. The molecular weight excluding hydrogens is 214 g/mol. The van der Waals surface area contributed by atoms with Gasteiger partial charge in [-0.05, 0) is 19.1 Å². The number of sulfonamides is 1. The summed E-state index contributed by atoms with van der Waals surface area (Å²) < 4.78 is 29.3. The van der Waals surface area contributed by atoms with Crippen LogP contribution in [0.15, 0.2) is 30.3 Å². The maximum absolute atomic E-state index is 11.5. The number of hydrogen-bond donors (Lipinski definition) is 0. The molecule has 0 unspecified atom stereocenters. The van der Waals surface area contributed by atoms with Gasteiger partial charge in [0.05, 0.1) is 11.9 Å². The maximum Gasteiger partial charge on any atom is 0.234 e. The lowest BCUT2D eigenvalue weighted by Crippen LogP contribution is -2.32. The molecule has 0 saturated heterocycles. The van der Waals surface area contributed by atoms with Crippen LogP contribution >= 0.6 is 0 Å². The number of hydrogen-bond acceptors (Lipinski definition) is 3. The summed E-state index contributed by atoms with van der Waals surface area (Å²) in [5, 5.41) is 0. The van der Waals surface area contributed by atoms with Gasteiger partial charge in [0, 0.05) is 6.61 Å². The largest absolute Gasteiger partial charge is 0.360 e. The third kappa shape index (κ3) is 3.53. The Labute approximate surface area is 90.5 Å². The monoisotopic (exact) mass is 229 g/mol. The molecule has 1 rings (SSSR count). The molecule has 1 aromatic rings. The van der Waals surface area contributed by atoms with Crippen molar-refractivity contribution in [1.29, 1.82) is 0 Å². The Morgan fingerprint density at radius 1 is 1.27 bits per heavy atom. The average molecular weight is 229 g/mol. The van der Waals surface area contributed by atoms with E-state index in [0.717, 1.165) is 0 Å². The fraction of sp³-hybridized carbons (Fsp3) is 0.400. The zero-order valence-corrected chi connectivity index (χ0v) is 9.70. The Balaban J connectivity index is 2.92. The molecule has 0 spiro atoms. The van der Waals surface area contributed by atoms with Crippen LogP contribution in [0.4, 0.5) is 5.69 Å². The van der Waals surface area contributed by atoms with E-state index >= 15 is 0 Å². The molecular formula is C10H15NO3S. The van der Waals surface area contributed by atoms with Crippen molar-refractivity contribution in [3.8, 4) is 0 Å². The lowest BCUT2D eigenvalue weighted by atomic mass is 10.3. The fourth-order valence-corrected chi connectivity index (χ4v) is 1.90. The summed E-state index contributed by atoms with van der Waals surface area (Å²) in [6.45, 7) is 2.36. The predicted octanol–water partition coefficient (Wildman–Crippen LogP) is 1.45. The summed E-state index contributed by atoms with van der Waals surface area (Å²) in [4.78, 5) is 0. The van der Waals surface area contributed by atoms with E-state index in [9.17, 15) is 8.42 Å².